The van der Waals surface area contributed by atoms with Crippen molar-refractivity contribution in [2.75, 3.05) is 6.54 Å². The van der Waals surface area contributed by atoms with Crippen molar-refractivity contribution in [3.63, 3.8) is 0 Å². The number of carbonyl (C=O) groups excluding carboxylic acids is 1. The summed E-state index contributed by atoms with van der Waals surface area (Å²) in [6.45, 7) is 2.85. The Bertz CT molecular complexity index is 601. The van der Waals surface area contributed by atoms with Crippen LogP contribution in [0.1, 0.15) is 75.9 Å². The third-order valence-corrected chi connectivity index (χ3v) is 5.82. The number of likely N-dealkylation sites (tertiary alicyclic amines) is 1. The van der Waals surface area contributed by atoms with Gasteiger partial charge in [0.1, 0.15) is 11.5 Å². The Labute approximate surface area is 149 Å². The number of carboxylic acids is 1. The molecule has 2 heterocycles. The van der Waals surface area contributed by atoms with Crippen molar-refractivity contribution in [2.45, 2.75) is 70.8 Å². The molecule has 1 atom stereocenters. The lowest BCUT2D eigenvalue weighted by Crippen LogP contribution is -2.40. The van der Waals surface area contributed by atoms with Crippen LogP contribution in [-0.4, -0.2) is 28.4 Å². The molecule has 2 aliphatic rings. The molecule has 1 saturated carbocycles. The van der Waals surface area contributed by atoms with Gasteiger partial charge < -0.3 is 14.4 Å². The highest BCUT2D eigenvalue weighted by molar-refractivity contribution is 5.80. The van der Waals surface area contributed by atoms with Gasteiger partial charge in [0.2, 0.25) is 5.91 Å². The summed E-state index contributed by atoms with van der Waals surface area (Å²) in [7, 11) is 0. The van der Waals surface area contributed by atoms with Gasteiger partial charge in [0, 0.05) is 18.9 Å². The molecule has 1 N–H and O–H groups in total. The van der Waals surface area contributed by atoms with Gasteiger partial charge >= 0.3 is 5.97 Å². The summed E-state index contributed by atoms with van der Waals surface area (Å²) in [6, 6.07) is 4.07. The number of hydrogen-bond donors (Lipinski definition) is 1. The smallest absolute Gasteiger partial charge is 0.306 e. The van der Waals surface area contributed by atoms with Crippen LogP contribution in [0.15, 0.2) is 16.5 Å². The second-order valence-corrected chi connectivity index (χ2v) is 7.44. The predicted molar refractivity (Wildman–Crippen MR) is 94.1 cm³/mol. The molecule has 1 saturated heterocycles. The molecule has 5 nitrogen and oxygen atoms in total. The molecule has 2 fully saturated rings. The maximum Gasteiger partial charge on any atom is 0.306 e. The highest BCUT2D eigenvalue weighted by Crippen LogP contribution is 2.36. The fourth-order valence-electron chi connectivity index (χ4n) is 4.25. The van der Waals surface area contributed by atoms with E-state index in [1.807, 2.05) is 17.0 Å². The highest BCUT2D eigenvalue weighted by Gasteiger charge is 2.36. The fraction of sp³-hybridized carbons (Fsp3) is 0.700. The standard InChI is InChI=1S/C20H29NO4/c1-2-16-11-12-18(25-16)17-6-4-3-5-13-21(17)19(22)14-7-9-15(10-8-14)20(23)24/h11-12,14-15,17H,2-10,13H2,1H3,(H,23,24). The van der Waals surface area contributed by atoms with Crippen LogP contribution >= 0.6 is 0 Å². The van der Waals surface area contributed by atoms with E-state index in [1.165, 1.54) is 0 Å². The first kappa shape index (κ1) is 18.0. The molecular formula is C20H29NO4. The Morgan fingerprint density at radius 3 is 2.44 bits per heavy atom. The van der Waals surface area contributed by atoms with E-state index in [1.54, 1.807) is 0 Å². The maximum atomic E-state index is 13.2. The molecule has 5 heteroatoms. The average molecular weight is 347 g/mol. The molecule has 1 amide bonds. The average Bonchev–Trinajstić information content (AvgIpc) is 2.98. The SMILES string of the molecule is CCc1ccc(C2CCCCCN2C(=O)C2CCC(C(=O)O)CC2)o1. The lowest BCUT2D eigenvalue weighted by molar-refractivity contribution is -0.146. The molecule has 1 aromatic heterocycles. The first-order valence-corrected chi connectivity index (χ1v) is 9.72. The number of rotatable bonds is 4. The molecule has 0 aromatic carbocycles. The quantitative estimate of drug-likeness (QED) is 0.887. The van der Waals surface area contributed by atoms with Gasteiger partial charge in [-0.05, 0) is 50.7 Å². The zero-order valence-corrected chi connectivity index (χ0v) is 15.1. The van der Waals surface area contributed by atoms with Crippen LogP contribution in [-0.2, 0) is 16.0 Å². The third-order valence-electron chi connectivity index (χ3n) is 5.82. The van der Waals surface area contributed by atoms with Gasteiger partial charge in [-0.25, -0.2) is 0 Å². The van der Waals surface area contributed by atoms with E-state index in [0.29, 0.717) is 25.7 Å². The van der Waals surface area contributed by atoms with Gasteiger partial charge in [-0.2, -0.15) is 0 Å². The molecule has 1 aliphatic carbocycles. The Hall–Kier alpha value is -1.78. The van der Waals surface area contributed by atoms with Crippen LogP contribution in [0.5, 0.6) is 0 Å². The van der Waals surface area contributed by atoms with E-state index in [2.05, 4.69) is 6.92 Å². The Morgan fingerprint density at radius 2 is 1.80 bits per heavy atom. The first-order valence-electron chi connectivity index (χ1n) is 9.72. The number of carbonyl (C=O) groups is 2. The number of carboxylic acid groups (broad SMARTS) is 1. The molecule has 138 valence electrons. The summed E-state index contributed by atoms with van der Waals surface area (Å²) >= 11 is 0. The second kappa shape index (κ2) is 8.07. The Morgan fingerprint density at radius 1 is 1.08 bits per heavy atom. The summed E-state index contributed by atoms with van der Waals surface area (Å²) < 4.78 is 5.97. The molecule has 1 unspecified atom stereocenters. The van der Waals surface area contributed by atoms with Crippen LogP contribution in [0.25, 0.3) is 0 Å². The van der Waals surface area contributed by atoms with Crippen LogP contribution in [0.3, 0.4) is 0 Å². The van der Waals surface area contributed by atoms with Crippen LogP contribution in [0.4, 0.5) is 0 Å². The molecule has 0 spiro atoms. The topological polar surface area (TPSA) is 70.8 Å². The number of amides is 1. The second-order valence-electron chi connectivity index (χ2n) is 7.44. The molecule has 1 aromatic rings. The maximum absolute atomic E-state index is 13.2. The van der Waals surface area contributed by atoms with E-state index in [0.717, 1.165) is 50.2 Å². The van der Waals surface area contributed by atoms with Crippen LogP contribution in [0, 0.1) is 11.8 Å². The van der Waals surface area contributed by atoms with Crippen molar-refractivity contribution < 1.29 is 19.1 Å². The zero-order chi connectivity index (χ0) is 17.8. The highest BCUT2D eigenvalue weighted by atomic mass is 16.4. The minimum atomic E-state index is -0.721. The summed E-state index contributed by atoms with van der Waals surface area (Å²) in [5, 5.41) is 9.16. The Kier molecular flexibility index (Phi) is 5.82. The number of aryl methyl sites for hydroxylation is 1. The van der Waals surface area contributed by atoms with Gasteiger partial charge in [-0.1, -0.05) is 19.8 Å². The lowest BCUT2D eigenvalue weighted by Gasteiger charge is -2.34. The number of aliphatic carboxylic acids is 1. The molecular weight excluding hydrogens is 318 g/mol. The van der Waals surface area contributed by atoms with Crippen molar-refractivity contribution in [3.8, 4) is 0 Å². The van der Waals surface area contributed by atoms with Crippen molar-refractivity contribution in [1.82, 2.24) is 4.90 Å². The van der Waals surface area contributed by atoms with Gasteiger partial charge in [0.05, 0.1) is 12.0 Å². The summed E-state index contributed by atoms with van der Waals surface area (Å²) in [5.41, 5.74) is 0. The third kappa shape index (κ3) is 4.07. The largest absolute Gasteiger partial charge is 0.481 e. The summed E-state index contributed by atoms with van der Waals surface area (Å²) in [5.74, 6) is 1.05. The minimum absolute atomic E-state index is 0.0307. The van der Waals surface area contributed by atoms with Crippen molar-refractivity contribution in [2.24, 2.45) is 11.8 Å². The van der Waals surface area contributed by atoms with Gasteiger partial charge in [0.15, 0.2) is 0 Å². The van der Waals surface area contributed by atoms with Crippen molar-refractivity contribution in [3.05, 3.63) is 23.7 Å². The van der Waals surface area contributed by atoms with Gasteiger partial charge in [0.25, 0.3) is 0 Å². The normalized spacial score (nSPS) is 27.7. The van der Waals surface area contributed by atoms with E-state index < -0.39 is 5.97 Å². The first-order chi connectivity index (χ1) is 12.1. The predicted octanol–water partition coefficient (Wildman–Crippen LogP) is 4.18. The van der Waals surface area contributed by atoms with Gasteiger partial charge in [-0.15, -0.1) is 0 Å². The lowest BCUT2D eigenvalue weighted by atomic mass is 9.81. The van der Waals surface area contributed by atoms with Crippen LogP contribution in [0.2, 0.25) is 0 Å². The zero-order valence-electron chi connectivity index (χ0n) is 15.1. The molecule has 0 radical (unpaired) electrons. The van der Waals surface area contributed by atoms with Gasteiger partial charge in [-0.3, -0.25) is 9.59 Å². The fourth-order valence-corrected chi connectivity index (χ4v) is 4.25. The molecule has 25 heavy (non-hydrogen) atoms. The number of hydrogen-bond acceptors (Lipinski definition) is 3. The van der Waals surface area contributed by atoms with E-state index in [-0.39, 0.29) is 23.8 Å². The number of nitrogens with zero attached hydrogens (tertiary/aromatic N) is 1. The molecule has 0 bridgehead atoms. The minimum Gasteiger partial charge on any atom is -0.481 e. The number of furan rings is 1. The van der Waals surface area contributed by atoms with Crippen molar-refractivity contribution >= 4 is 11.9 Å². The van der Waals surface area contributed by atoms with Crippen LogP contribution < -0.4 is 0 Å². The van der Waals surface area contributed by atoms with E-state index >= 15 is 0 Å². The monoisotopic (exact) mass is 347 g/mol. The molecule has 3 rings (SSSR count). The van der Waals surface area contributed by atoms with E-state index in [4.69, 9.17) is 9.52 Å². The van der Waals surface area contributed by atoms with E-state index in [9.17, 15) is 9.59 Å². The Balaban J connectivity index is 1.72. The summed E-state index contributed by atoms with van der Waals surface area (Å²) in [4.78, 5) is 26.3. The summed E-state index contributed by atoms with van der Waals surface area (Å²) in [6.07, 6.45) is 7.72. The van der Waals surface area contributed by atoms with Crippen molar-refractivity contribution in [1.29, 1.82) is 0 Å². The molecule has 1 aliphatic heterocycles.